The van der Waals surface area contributed by atoms with Crippen molar-refractivity contribution in [3.8, 4) is 0 Å². The molecule has 0 unspecified atom stereocenters. The molecule has 0 heterocycles. The molecule has 0 saturated carbocycles. The van der Waals surface area contributed by atoms with E-state index in [0.29, 0.717) is 13.1 Å². The van der Waals surface area contributed by atoms with Crippen LogP contribution in [0.5, 0.6) is 0 Å². The number of hydrogen-bond donors (Lipinski definition) is 2. The first kappa shape index (κ1) is 19.2. The maximum atomic E-state index is 12.3. The maximum absolute atomic E-state index is 12.3. The van der Waals surface area contributed by atoms with E-state index in [1.54, 1.807) is 0 Å². The zero-order chi connectivity index (χ0) is 17.2. The third kappa shape index (κ3) is 6.82. The first-order valence-corrected chi connectivity index (χ1v) is 8.35. The van der Waals surface area contributed by atoms with Crippen LogP contribution in [0, 0.1) is 6.92 Å². The van der Waals surface area contributed by atoms with Crippen LogP contribution in [-0.2, 0) is 9.59 Å². The Kier molecular flexibility index (Phi) is 8.33. The van der Waals surface area contributed by atoms with E-state index in [4.69, 9.17) is 0 Å². The van der Waals surface area contributed by atoms with Crippen LogP contribution < -0.4 is 10.6 Å². The molecule has 0 aliphatic rings. The lowest BCUT2D eigenvalue weighted by molar-refractivity contribution is -0.125. The number of aryl methyl sites for hydroxylation is 1. The topological polar surface area (TPSA) is 61.4 Å². The molecule has 2 amide bonds. The average Bonchev–Trinajstić information content (AvgIpc) is 2.53. The number of benzene rings is 1. The Bertz CT molecular complexity index is 499. The molecule has 2 N–H and O–H groups in total. The summed E-state index contributed by atoms with van der Waals surface area (Å²) in [5.74, 6) is -0.101. The van der Waals surface area contributed by atoms with Gasteiger partial charge < -0.3 is 10.6 Å². The van der Waals surface area contributed by atoms with Crippen LogP contribution in [0.2, 0.25) is 0 Å². The Balaban J connectivity index is 2.58. The molecule has 128 valence electrons. The van der Waals surface area contributed by atoms with Gasteiger partial charge in [0, 0.05) is 6.54 Å². The first-order valence-electron chi connectivity index (χ1n) is 8.35. The molecule has 5 heteroatoms. The molecule has 1 aromatic carbocycles. The van der Waals surface area contributed by atoms with Gasteiger partial charge in [-0.1, -0.05) is 43.7 Å². The fraction of sp³-hybridized carbons (Fsp3) is 0.556. The summed E-state index contributed by atoms with van der Waals surface area (Å²) in [7, 11) is 0. The fourth-order valence-electron chi connectivity index (χ4n) is 2.40. The summed E-state index contributed by atoms with van der Waals surface area (Å²) in [6.07, 6.45) is 0.831. The SMILES string of the molecule is CCNC(=O)CN(CC)CC(=O)N[C@H](CC)c1ccc(C)cc1. The van der Waals surface area contributed by atoms with E-state index in [0.717, 1.165) is 12.0 Å². The Hall–Kier alpha value is -1.88. The van der Waals surface area contributed by atoms with Crippen molar-refractivity contribution in [3.63, 3.8) is 0 Å². The quantitative estimate of drug-likeness (QED) is 0.732. The van der Waals surface area contributed by atoms with Gasteiger partial charge in [0.25, 0.3) is 0 Å². The first-order chi connectivity index (χ1) is 11.0. The summed E-state index contributed by atoms with van der Waals surface area (Å²) in [5, 5.41) is 5.81. The van der Waals surface area contributed by atoms with Crippen LogP contribution in [0.1, 0.15) is 44.4 Å². The van der Waals surface area contributed by atoms with E-state index in [9.17, 15) is 9.59 Å². The smallest absolute Gasteiger partial charge is 0.234 e. The Morgan fingerprint density at radius 2 is 1.65 bits per heavy atom. The third-order valence-electron chi connectivity index (χ3n) is 3.78. The Labute approximate surface area is 139 Å². The summed E-state index contributed by atoms with van der Waals surface area (Å²) in [5.41, 5.74) is 2.31. The predicted octanol–water partition coefficient (Wildman–Crippen LogP) is 2.02. The van der Waals surface area contributed by atoms with Crippen LogP contribution >= 0.6 is 0 Å². The van der Waals surface area contributed by atoms with Gasteiger partial charge in [0.05, 0.1) is 19.1 Å². The minimum atomic E-state index is -0.0522. The Morgan fingerprint density at radius 1 is 1.04 bits per heavy atom. The van der Waals surface area contributed by atoms with Crippen molar-refractivity contribution in [3.05, 3.63) is 35.4 Å². The molecule has 1 rings (SSSR count). The van der Waals surface area contributed by atoms with Crippen LogP contribution in [0.15, 0.2) is 24.3 Å². The molecule has 0 aliphatic heterocycles. The van der Waals surface area contributed by atoms with Crippen molar-refractivity contribution in [1.82, 2.24) is 15.5 Å². The molecular weight excluding hydrogens is 290 g/mol. The zero-order valence-electron chi connectivity index (χ0n) is 14.7. The number of nitrogens with zero attached hydrogens (tertiary/aromatic N) is 1. The van der Waals surface area contributed by atoms with Gasteiger partial charge in [0.2, 0.25) is 11.8 Å². The highest BCUT2D eigenvalue weighted by atomic mass is 16.2. The molecule has 0 spiro atoms. The molecule has 0 radical (unpaired) electrons. The van der Waals surface area contributed by atoms with Gasteiger partial charge in [-0.3, -0.25) is 14.5 Å². The highest BCUT2D eigenvalue weighted by Crippen LogP contribution is 2.17. The molecule has 1 atom stereocenters. The number of amides is 2. The van der Waals surface area contributed by atoms with E-state index in [1.807, 2.05) is 25.7 Å². The lowest BCUT2D eigenvalue weighted by Crippen LogP contribution is -2.43. The highest BCUT2D eigenvalue weighted by Gasteiger charge is 2.16. The van der Waals surface area contributed by atoms with Gasteiger partial charge in [0.1, 0.15) is 0 Å². The number of carbonyl (C=O) groups is 2. The molecule has 5 nitrogen and oxygen atoms in total. The van der Waals surface area contributed by atoms with Gasteiger partial charge in [0.15, 0.2) is 0 Å². The number of rotatable bonds is 9. The van der Waals surface area contributed by atoms with Crippen molar-refractivity contribution < 1.29 is 9.59 Å². The van der Waals surface area contributed by atoms with Crippen LogP contribution in [-0.4, -0.2) is 42.9 Å². The predicted molar refractivity (Wildman–Crippen MR) is 93.2 cm³/mol. The van der Waals surface area contributed by atoms with Gasteiger partial charge in [-0.05, 0) is 32.4 Å². The van der Waals surface area contributed by atoms with Crippen LogP contribution in [0.3, 0.4) is 0 Å². The molecule has 0 aromatic heterocycles. The van der Waals surface area contributed by atoms with E-state index < -0.39 is 0 Å². The van der Waals surface area contributed by atoms with Crippen molar-refractivity contribution in [2.75, 3.05) is 26.2 Å². The van der Waals surface area contributed by atoms with Gasteiger partial charge >= 0.3 is 0 Å². The Morgan fingerprint density at radius 3 is 2.17 bits per heavy atom. The molecule has 1 aromatic rings. The van der Waals surface area contributed by atoms with Gasteiger partial charge in [-0.15, -0.1) is 0 Å². The number of hydrogen-bond acceptors (Lipinski definition) is 3. The van der Waals surface area contributed by atoms with Gasteiger partial charge in [-0.25, -0.2) is 0 Å². The monoisotopic (exact) mass is 319 g/mol. The molecule has 0 fully saturated rings. The standard InChI is InChI=1S/C18H29N3O2/c1-5-16(15-10-8-14(4)9-11-15)20-18(23)13-21(7-3)12-17(22)19-6-2/h8-11,16H,5-7,12-13H2,1-4H3,(H,19,22)(H,20,23)/t16-/m1/s1. The summed E-state index contributed by atoms with van der Waals surface area (Å²) in [6.45, 7) is 9.67. The van der Waals surface area contributed by atoms with E-state index in [-0.39, 0.29) is 30.9 Å². The average molecular weight is 319 g/mol. The van der Waals surface area contributed by atoms with E-state index >= 15 is 0 Å². The summed E-state index contributed by atoms with van der Waals surface area (Å²) < 4.78 is 0. The zero-order valence-corrected chi connectivity index (χ0v) is 14.7. The summed E-state index contributed by atoms with van der Waals surface area (Å²) >= 11 is 0. The number of likely N-dealkylation sites (N-methyl/N-ethyl adjacent to an activating group) is 2. The van der Waals surface area contributed by atoms with Crippen molar-refractivity contribution in [2.24, 2.45) is 0 Å². The lowest BCUT2D eigenvalue weighted by atomic mass is 10.0. The highest BCUT2D eigenvalue weighted by molar-refractivity contribution is 5.81. The van der Waals surface area contributed by atoms with Gasteiger partial charge in [-0.2, -0.15) is 0 Å². The second-order valence-electron chi connectivity index (χ2n) is 5.70. The second-order valence-corrected chi connectivity index (χ2v) is 5.70. The largest absolute Gasteiger partial charge is 0.355 e. The summed E-state index contributed by atoms with van der Waals surface area (Å²) in [4.78, 5) is 25.8. The minimum Gasteiger partial charge on any atom is -0.355 e. The van der Waals surface area contributed by atoms with E-state index in [2.05, 4.69) is 41.8 Å². The van der Waals surface area contributed by atoms with Crippen LogP contribution in [0.4, 0.5) is 0 Å². The van der Waals surface area contributed by atoms with E-state index in [1.165, 1.54) is 5.56 Å². The lowest BCUT2D eigenvalue weighted by Gasteiger charge is -2.22. The molecule has 0 saturated heterocycles. The number of nitrogens with one attached hydrogen (secondary N) is 2. The van der Waals surface area contributed by atoms with Crippen molar-refractivity contribution >= 4 is 11.8 Å². The van der Waals surface area contributed by atoms with Crippen molar-refractivity contribution in [2.45, 2.75) is 40.2 Å². The molecular formula is C18H29N3O2. The number of carbonyl (C=O) groups excluding carboxylic acids is 2. The fourth-order valence-corrected chi connectivity index (χ4v) is 2.40. The molecule has 0 aliphatic carbocycles. The third-order valence-corrected chi connectivity index (χ3v) is 3.78. The summed E-state index contributed by atoms with van der Waals surface area (Å²) in [6, 6.07) is 8.22. The second kappa shape index (κ2) is 10.0. The van der Waals surface area contributed by atoms with Crippen LogP contribution in [0.25, 0.3) is 0 Å². The van der Waals surface area contributed by atoms with Crippen molar-refractivity contribution in [1.29, 1.82) is 0 Å². The minimum absolute atomic E-state index is 0.00581. The molecule has 0 bridgehead atoms. The maximum Gasteiger partial charge on any atom is 0.234 e. The molecule has 23 heavy (non-hydrogen) atoms. The normalized spacial score (nSPS) is 12.0.